The van der Waals surface area contributed by atoms with E-state index >= 15 is 0 Å². The first-order chi connectivity index (χ1) is 10.8. The fraction of sp³-hybridized carbons (Fsp3) is 0.100. The summed E-state index contributed by atoms with van der Waals surface area (Å²) in [4.78, 5) is 3.15. The van der Waals surface area contributed by atoms with Crippen molar-refractivity contribution in [3.8, 4) is 0 Å². The Morgan fingerprint density at radius 3 is 2.05 bits per heavy atom. The fourth-order valence-corrected chi connectivity index (χ4v) is 3.46. The second kappa shape index (κ2) is 4.92. The highest BCUT2D eigenvalue weighted by atomic mass is 14.8. The van der Waals surface area contributed by atoms with Crippen molar-refractivity contribution in [2.45, 2.75) is 11.8 Å². The van der Waals surface area contributed by atoms with Gasteiger partial charge in [-0.15, -0.1) is 0 Å². The molecule has 4 rings (SSSR count). The molecule has 0 fully saturated rings. The minimum Gasteiger partial charge on any atom is -0.385 e. The van der Waals surface area contributed by atoms with E-state index in [-0.39, 0.29) is 5.41 Å². The van der Waals surface area contributed by atoms with Gasteiger partial charge in [0.05, 0.1) is 0 Å². The predicted octanol–water partition coefficient (Wildman–Crippen LogP) is 4.15. The molecule has 0 aliphatic heterocycles. The summed E-state index contributed by atoms with van der Waals surface area (Å²) in [5, 5.41) is 0. The van der Waals surface area contributed by atoms with Crippen molar-refractivity contribution in [3.63, 3.8) is 0 Å². The van der Waals surface area contributed by atoms with Crippen molar-refractivity contribution in [1.82, 2.24) is 4.98 Å². The van der Waals surface area contributed by atoms with Crippen LogP contribution in [0.4, 0.5) is 5.82 Å². The van der Waals surface area contributed by atoms with Crippen molar-refractivity contribution in [2.24, 2.45) is 0 Å². The van der Waals surface area contributed by atoms with Gasteiger partial charge in [-0.25, -0.2) is 0 Å². The molecule has 2 heteroatoms. The van der Waals surface area contributed by atoms with Gasteiger partial charge in [0.15, 0.2) is 0 Å². The Hall–Kier alpha value is -2.74. The van der Waals surface area contributed by atoms with Gasteiger partial charge in [0.25, 0.3) is 0 Å². The first-order valence-electron chi connectivity index (χ1n) is 7.56. The monoisotopic (exact) mass is 286 g/mol. The number of nitrogens with one attached hydrogen (secondary N) is 1. The van der Waals surface area contributed by atoms with Gasteiger partial charge in [0.1, 0.15) is 5.82 Å². The number of hydrogen-bond acceptors (Lipinski definition) is 1. The maximum atomic E-state index is 6.02. The molecule has 22 heavy (non-hydrogen) atoms. The lowest BCUT2D eigenvalue weighted by atomic mass is 9.68. The number of fused-ring (bicyclic) bond motifs is 1. The van der Waals surface area contributed by atoms with E-state index < -0.39 is 0 Å². The van der Waals surface area contributed by atoms with E-state index in [2.05, 4.69) is 77.8 Å². The molecule has 108 valence electrons. The van der Waals surface area contributed by atoms with Crippen LogP contribution in [-0.4, -0.2) is 4.98 Å². The number of aromatic amines is 1. The SMILES string of the molecule is Nc1[nH]cc2c1C=CC(c1ccccc1)(c1ccccc1)C2. The average molecular weight is 286 g/mol. The fourth-order valence-electron chi connectivity index (χ4n) is 3.46. The minimum atomic E-state index is -0.135. The number of rotatable bonds is 2. The summed E-state index contributed by atoms with van der Waals surface area (Å²) in [7, 11) is 0. The van der Waals surface area contributed by atoms with Crippen LogP contribution in [0, 0.1) is 0 Å². The maximum absolute atomic E-state index is 6.02. The zero-order valence-corrected chi connectivity index (χ0v) is 12.3. The number of benzene rings is 2. The molecule has 1 heterocycles. The van der Waals surface area contributed by atoms with Gasteiger partial charge in [-0.3, -0.25) is 0 Å². The molecule has 1 aliphatic carbocycles. The Kier molecular flexibility index (Phi) is 2.90. The summed E-state index contributed by atoms with van der Waals surface area (Å²) in [5.41, 5.74) is 10.9. The second-order valence-corrected chi connectivity index (χ2v) is 5.85. The second-order valence-electron chi connectivity index (χ2n) is 5.85. The lowest BCUT2D eigenvalue weighted by Crippen LogP contribution is -2.30. The third-order valence-electron chi connectivity index (χ3n) is 4.62. The number of aromatic nitrogens is 1. The molecule has 2 aromatic carbocycles. The van der Waals surface area contributed by atoms with E-state index in [1.807, 2.05) is 6.20 Å². The lowest BCUT2D eigenvalue weighted by Gasteiger charge is -2.34. The predicted molar refractivity (Wildman–Crippen MR) is 91.6 cm³/mol. The minimum absolute atomic E-state index is 0.135. The number of hydrogen-bond donors (Lipinski definition) is 2. The van der Waals surface area contributed by atoms with Crippen LogP contribution in [0.15, 0.2) is 72.9 Å². The van der Waals surface area contributed by atoms with Crippen molar-refractivity contribution in [1.29, 1.82) is 0 Å². The molecule has 0 amide bonds. The molecule has 0 radical (unpaired) electrons. The van der Waals surface area contributed by atoms with Crippen LogP contribution in [-0.2, 0) is 11.8 Å². The van der Waals surface area contributed by atoms with Crippen LogP contribution in [0.5, 0.6) is 0 Å². The summed E-state index contributed by atoms with van der Waals surface area (Å²) in [6, 6.07) is 21.4. The highest BCUT2D eigenvalue weighted by Crippen LogP contribution is 2.42. The van der Waals surface area contributed by atoms with Gasteiger partial charge in [-0.1, -0.05) is 72.8 Å². The standard InChI is InChI=1S/C20H18N2/c21-19-18-11-12-20(13-15(18)14-22-19,16-7-3-1-4-8-16)17-9-5-2-6-10-17/h1-12,14,22H,13,21H2. The average Bonchev–Trinajstić information content (AvgIpc) is 2.96. The van der Waals surface area contributed by atoms with E-state index in [1.165, 1.54) is 16.7 Å². The zero-order valence-electron chi connectivity index (χ0n) is 12.3. The normalized spacial score (nSPS) is 15.5. The molecule has 1 aromatic heterocycles. The molecule has 0 saturated heterocycles. The van der Waals surface area contributed by atoms with E-state index in [4.69, 9.17) is 5.73 Å². The Morgan fingerprint density at radius 2 is 1.45 bits per heavy atom. The van der Waals surface area contributed by atoms with Crippen molar-refractivity contribution in [3.05, 3.63) is 95.2 Å². The molecule has 1 aliphatic rings. The van der Waals surface area contributed by atoms with E-state index in [1.54, 1.807) is 0 Å². The van der Waals surface area contributed by atoms with E-state index in [0.29, 0.717) is 0 Å². The Morgan fingerprint density at radius 1 is 0.864 bits per heavy atom. The van der Waals surface area contributed by atoms with Gasteiger partial charge in [0.2, 0.25) is 0 Å². The first-order valence-corrected chi connectivity index (χ1v) is 7.56. The number of H-pyrrole nitrogens is 1. The third kappa shape index (κ3) is 1.88. The molecular weight excluding hydrogens is 268 g/mol. The van der Waals surface area contributed by atoms with Gasteiger partial charge < -0.3 is 10.7 Å². The number of allylic oxidation sites excluding steroid dienone is 1. The molecule has 3 aromatic rings. The summed E-state index contributed by atoms with van der Waals surface area (Å²) < 4.78 is 0. The van der Waals surface area contributed by atoms with Crippen LogP contribution in [0.2, 0.25) is 0 Å². The van der Waals surface area contributed by atoms with Gasteiger partial charge >= 0.3 is 0 Å². The molecule has 2 nitrogen and oxygen atoms in total. The number of nitrogens with two attached hydrogens (primary N) is 1. The number of anilines is 1. The summed E-state index contributed by atoms with van der Waals surface area (Å²) in [6.07, 6.45) is 7.41. The molecule has 0 unspecified atom stereocenters. The lowest BCUT2D eigenvalue weighted by molar-refractivity contribution is 0.634. The Balaban J connectivity index is 1.93. The van der Waals surface area contributed by atoms with Crippen molar-refractivity contribution >= 4 is 11.9 Å². The molecule has 0 atom stereocenters. The molecule has 0 saturated carbocycles. The highest BCUT2D eigenvalue weighted by Gasteiger charge is 2.35. The van der Waals surface area contributed by atoms with Gasteiger partial charge in [0, 0.05) is 17.2 Å². The molecule has 0 bridgehead atoms. The Bertz CT molecular complexity index is 774. The summed E-state index contributed by atoms with van der Waals surface area (Å²) in [5.74, 6) is 0.751. The van der Waals surface area contributed by atoms with Crippen molar-refractivity contribution < 1.29 is 0 Å². The summed E-state index contributed by atoms with van der Waals surface area (Å²) >= 11 is 0. The zero-order chi connectivity index (χ0) is 15.0. The van der Waals surface area contributed by atoms with Gasteiger partial charge in [-0.2, -0.15) is 0 Å². The van der Waals surface area contributed by atoms with E-state index in [0.717, 1.165) is 17.8 Å². The van der Waals surface area contributed by atoms with Crippen LogP contribution >= 0.6 is 0 Å². The largest absolute Gasteiger partial charge is 0.385 e. The van der Waals surface area contributed by atoms with Gasteiger partial charge in [-0.05, 0) is 23.1 Å². The third-order valence-corrected chi connectivity index (χ3v) is 4.62. The Labute approximate surface area is 130 Å². The smallest absolute Gasteiger partial charge is 0.108 e. The van der Waals surface area contributed by atoms with Crippen molar-refractivity contribution in [2.75, 3.05) is 5.73 Å². The van der Waals surface area contributed by atoms with Crippen LogP contribution < -0.4 is 5.73 Å². The molecular formula is C20H18N2. The molecule has 3 N–H and O–H groups in total. The summed E-state index contributed by atoms with van der Waals surface area (Å²) in [6.45, 7) is 0. The quantitative estimate of drug-likeness (QED) is 0.730. The topological polar surface area (TPSA) is 41.8 Å². The highest BCUT2D eigenvalue weighted by molar-refractivity contribution is 5.71. The first kappa shape index (κ1) is 13.0. The van der Waals surface area contributed by atoms with Crippen LogP contribution in [0.1, 0.15) is 22.3 Å². The van der Waals surface area contributed by atoms with Crippen LogP contribution in [0.3, 0.4) is 0 Å². The maximum Gasteiger partial charge on any atom is 0.108 e. The number of nitrogen functional groups attached to an aromatic ring is 1. The molecule has 0 spiro atoms. The van der Waals surface area contributed by atoms with Crippen LogP contribution in [0.25, 0.3) is 6.08 Å². The van der Waals surface area contributed by atoms with E-state index in [9.17, 15) is 0 Å².